The molecule has 0 saturated carbocycles. The second kappa shape index (κ2) is 6.10. The molecule has 1 aliphatic rings. The molecule has 5 N–H and O–H groups in total. The molecule has 1 saturated heterocycles. The lowest BCUT2D eigenvalue weighted by Gasteiger charge is -2.31. The van der Waals surface area contributed by atoms with Crippen molar-refractivity contribution in [2.75, 3.05) is 18.5 Å². The van der Waals surface area contributed by atoms with Gasteiger partial charge >= 0.3 is 0 Å². The minimum atomic E-state index is -3.56. The third kappa shape index (κ3) is 4.50. The number of primary sulfonamides is 1. The van der Waals surface area contributed by atoms with E-state index in [-0.39, 0.29) is 11.7 Å². The molecule has 0 bridgehead atoms. The van der Waals surface area contributed by atoms with E-state index in [2.05, 4.69) is 5.32 Å². The van der Waals surface area contributed by atoms with Gasteiger partial charge in [-0.3, -0.25) is 4.79 Å². The minimum Gasteiger partial charge on any atom is -0.381 e. The molecule has 116 valence electrons. The molecule has 0 aliphatic carbocycles. The number of hydrogen-bond donors (Lipinski definition) is 3. The van der Waals surface area contributed by atoms with Gasteiger partial charge in [0.2, 0.25) is 15.9 Å². The highest BCUT2D eigenvalue weighted by Crippen LogP contribution is 2.20. The summed E-state index contributed by atoms with van der Waals surface area (Å²) in [5, 5.41) is 7.72. The number of amides is 1. The van der Waals surface area contributed by atoms with Gasteiger partial charge in [-0.1, -0.05) is 12.1 Å². The number of nitrogens with two attached hydrogens (primary N) is 2. The lowest BCUT2D eigenvalue weighted by Crippen LogP contribution is -2.54. The highest BCUT2D eigenvalue weighted by atomic mass is 32.2. The molecule has 0 radical (unpaired) electrons. The number of rotatable bonds is 4. The summed E-state index contributed by atoms with van der Waals surface area (Å²) in [5.41, 5.74) is 6.28. The first-order valence-corrected chi connectivity index (χ1v) is 8.28. The summed E-state index contributed by atoms with van der Waals surface area (Å²) >= 11 is 0. The Morgan fingerprint density at radius 1 is 1.24 bits per heavy atom. The fourth-order valence-corrected chi connectivity index (χ4v) is 2.79. The Kier molecular flexibility index (Phi) is 4.62. The van der Waals surface area contributed by atoms with Crippen LogP contribution < -0.4 is 16.2 Å². The number of sulfonamides is 1. The molecule has 1 aliphatic heterocycles. The van der Waals surface area contributed by atoms with E-state index in [0.29, 0.717) is 37.3 Å². The van der Waals surface area contributed by atoms with Gasteiger partial charge in [0.25, 0.3) is 0 Å². The van der Waals surface area contributed by atoms with Crippen molar-refractivity contribution in [3.8, 4) is 0 Å². The van der Waals surface area contributed by atoms with Crippen LogP contribution in [0.25, 0.3) is 0 Å². The maximum Gasteiger partial charge on any atom is 0.244 e. The van der Waals surface area contributed by atoms with Gasteiger partial charge in [0.1, 0.15) is 5.54 Å². The molecule has 1 aromatic carbocycles. The second-order valence-electron chi connectivity index (χ2n) is 5.23. The number of benzene rings is 1. The van der Waals surface area contributed by atoms with Crippen molar-refractivity contribution in [1.82, 2.24) is 0 Å². The summed E-state index contributed by atoms with van der Waals surface area (Å²) in [7, 11) is -3.56. The van der Waals surface area contributed by atoms with Gasteiger partial charge in [-0.2, -0.15) is 0 Å². The Labute approximate surface area is 123 Å². The zero-order chi connectivity index (χ0) is 15.5. The lowest BCUT2D eigenvalue weighted by atomic mass is 9.90. The van der Waals surface area contributed by atoms with Crippen LogP contribution in [0.15, 0.2) is 24.3 Å². The number of carbonyl (C=O) groups is 1. The van der Waals surface area contributed by atoms with E-state index < -0.39 is 15.6 Å². The first kappa shape index (κ1) is 15.9. The lowest BCUT2D eigenvalue weighted by molar-refractivity contribution is -0.124. The first-order valence-electron chi connectivity index (χ1n) is 6.56. The summed E-state index contributed by atoms with van der Waals surface area (Å²) in [6, 6.07) is 6.46. The maximum absolute atomic E-state index is 12.2. The molecule has 7 nitrogen and oxygen atoms in total. The molecule has 21 heavy (non-hydrogen) atoms. The van der Waals surface area contributed by atoms with Crippen LogP contribution in [0, 0.1) is 0 Å². The molecule has 1 fully saturated rings. The average molecular weight is 313 g/mol. The Morgan fingerprint density at radius 2 is 1.81 bits per heavy atom. The van der Waals surface area contributed by atoms with Gasteiger partial charge in [-0.05, 0) is 30.5 Å². The van der Waals surface area contributed by atoms with Crippen molar-refractivity contribution in [2.24, 2.45) is 10.9 Å². The molecule has 1 aromatic rings. The Balaban J connectivity index is 2.01. The van der Waals surface area contributed by atoms with E-state index in [1.54, 1.807) is 24.3 Å². The van der Waals surface area contributed by atoms with Crippen molar-refractivity contribution in [3.63, 3.8) is 0 Å². The van der Waals surface area contributed by atoms with Gasteiger partial charge in [-0.25, -0.2) is 13.6 Å². The van der Waals surface area contributed by atoms with Crippen LogP contribution in [-0.4, -0.2) is 33.1 Å². The molecule has 1 amide bonds. The molecule has 0 aromatic heterocycles. The van der Waals surface area contributed by atoms with Crippen molar-refractivity contribution < 1.29 is 17.9 Å². The topological polar surface area (TPSA) is 125 Å². The number of ether oxygens (including phenoxy) is 1. The van der Waals surface area contributed by atoms with Crippen LogP contribution in [0.4, 0.5) is 5.69 Å². The SMILES string of the molecule is NC1(C(=O)Nc2ccc(CS(N)(=O)=O)cc2)CCOCC1. The maximum atomic E-state index is 12.2. The number of hydrogen-bond acceptors (Lipinski definition) is 5. The highest BCUT2D eigenvalue weighted by molar-refractivity contribution is 7.88. The van der Waals surface area contributed by atoms with Crippen molar-refractivity contribution in [2.45, 2.75) is 24.1 Å². The van der Waals surface area contributed by atoms with Crippen LogP contribution in [0.2, 0.25) is 0 Å². The average Bonchev–Trinajstić information content (AvgIpc) is 2.40. The minimum absolute atomic E-state index is 0.237. The van der Waals surface area contributed by atoms with E-state index in [1.165, 1.54) is 0 Å². The molecule has 0 atom stereocenters. The molecule has 0 spiro atoms. The summed E-state index contributed by atoms with van der Waals surface area (Å²) in [6.45, 7) is 0.939. The van der Waals surface area contributed by atoms with Crippen LogP contribution in [0.3, 0.4) is 0 Å². The van der Waals surface area contributed by atoms with Gasteiger partial charge in [0.05, 0.1) is 5.75 Å². The molecule has 0 unspecified atom stereocenters. The Bertz CT molecular complexity index is 607. The summed E-state index contributed by atoms with van der Waals surface area (Å²) in [6.07, 6.45) is 0.949. The molecule has 1 heterocycles. The van der Waals surface area contributed by atoms with Crippen LogP contribution in [0.1, 0.15) is 18.4 Å². The van der Waals surface area contributed by atoms with Crippen molar-refractivity contribution in [1.29, 1.82) is 0 Å². The molecular weight excluding hydrogens is 294 g/mol. The van der Waals surface area contributed by atoms with Gasteiger partial charge in [0.15, 0.2) is 0 Å². The standard InChI is InChI=1S/C13H19N3O4S/c14-13(5-7-20-8-6-13)12(17)16-11-3-1-10(2-4-11)9-21(15,18)19/h1-4H,5-9,14H2,(H,16,17)(H2,15,18,19). The highest BCUT2D eigenvalue weighted by Gasteiger charge is 2.35. The fraction of sp³-hybridized carbons (Fsp3) is 0.462. The molecule has 2 rings (SSSR count). The quantitative estimate of drug-likeness (QED) is 0.717. The van der Waals surface area contributed by atoms with Gasteiger partial charge in [-0.15, -0.1) is 0 Å². The van der Waals surface area contributed by atoms with Gasteiger partial charge in [0, 0.05) is 18.9 Å². The third-order valence-electron chi connectivity index (χ3n) is 3.42. The van der Waals surface area contributed by atoms with E-state index in [0.717, 1.165) is 0 Å². The van der Waals surface area contributed by atoms with E-state index in [9.17, 15) is 13.2 Å². The number of nitrogens with one attached hydrogen (secondary N) is 1. The second-order valence-corrected chi connectivity index (χ2v) is 6.84. The molecular formula is C13H19N3O4S. The normalized spacial score (nSPS) is 18.2. The summed E-state index contributed by atoms with van der Waals surface area (Å²) in [5.74, 6) is -0.496. The van der Waals surface area contributed by atoms with Gasteiger partial charge < -0.3 is 15.8 Å². The van der Waals surface area contributed by atoms with Crippen LogP contribution in [-0.2, 0) is 25.3 Å². The van der Waals surface area contributed by atoms with E-state index in [4.69, 9.17) is 15.6 Å². The van der Waals surface area contributed by atoms with Crippen molar-refractivity contribution in [3.05, 3.63) is 29.8 Å². The number of anilines is 1. The fourth-order valence-electron chi connectivity index (χ4n) is 2.13. The molecule has 8 heteroatoms. The monoisotopic (exact) mass is 313 g/mol. The Hall–Kier alpha value is -1.48. The third-order valence-corrected chi connectivity index (χ3v) is 4.15. The van der Waals surface area contributed by atoms with E-state index in [1.807, 2.05) is 0 Å². The number of carbonyl (C=O) groups excluding carboxylic acids is 1. The first-order chi connectivity index (χ1) is 9.78. The predicted octanol–water partition coefficient (Wildman–Crippen LogP) is -0.0785. The van der Waals surface area contributed by atoms with Crippen LogP contribution in [0.5, 0.6) is 0 Å². The summed E-state index contributed by atoms with van der Waals surface area (Å²) < 4.78 is 27.2. The Morgan fingerprint density at radius 3 is 2.33 bits per heavy atom. The zero-order valence-electron chi connectivity index (χ0n) is 11.5. The van der Waals surface area contributed by atoms with Crippen LogP contribution >= 0.6 is 0 Å². The predicted molar refractivity (Wildman–Crippen MR) is 78.9 cm³/mol. The van der Waals surface area contributed by atoms with Crippen molar-refractivity contribution >= 4 is 21.6 Å². The smallest absolute Gasteiger partial charge is 0.244 e. The largest absolute Gasteiger partial charge is 0.381 e. The summed E-state index contributed by atoms with van der Waals surface area (Å²) in [4.78, 5) is 12.2. The van der Waals surface area contributed by atoms with E-state index >= 15 is 0 Å². The zero-order valence-corrected chi connectivity index (χ0v) is 12.4.